The van der Waals surface area contributed by atoms with Gasteiger partial charge in [0.2, 0.25) is 0 Å². The molecule has 2 aromatic heterocycles. The fourth-order valence-electron chi connectivity index (χ4n) is 9.93. The molecule has 0 spiro atoms. The van der Waals surface area contributed by atoms with Crippen molar-refractivity contribution in [1.29, 1.82) is 0 Å². The first kappa shape index (κ1) is 40.1. The molecule has 11 heteroatoms. The quantitative estimate of drug-likeness (QED) is 0.0773. The van der Waals surface area contributed by atoms with E-state index in [0.29, 0.717) is 95.6 Å². The Balaban J connectivity index is 1.18. The minimum absolute atomic E-state index is 0.285. The van der Waals surface area contributed by atoms with Gasteiger partial charge in [-0.25, -0.2) is 0 Å². The Kier molecular flexibility index (Phi) is 9.34. The lowest BCUT2D eigenvalue weighted by Gasteiger charge is -2.34. The maximum atomic E-state index is 17.3. The smallest absolute Gasteiger partial charge is 0.393 e. The number of aldehydes is 1. The molecule has 4 aliphatic rings. The van der Waals surface area contributed by atoms with E-state index in [2.05, 4.69) is 35.5 Å². The second kappa shape index (κ2) is 14.4. The number of fused-ring (bicyclic) bond motifs is 4. The van der Waals surface area contributed by atoms with Gasteiger partial charge < -0.3 is 35.2 Å². The number of carbonyl (C=O) groups is 1. The standard InChI is InChI=1S/C51H40B2F4N4O/c1-31-29-32(2)58-48(31)46(41-17-11-9-12-18-41)49-33(3)43(36(6)59(49)52(58,54)55)21-15-16-22-44-34(4)50-47(42-19-13-10-14-20-42)51-35(5)45(28-27-39-23-25-40(30-62)26-24-39)38(8)61(51)53(56,57)60(50)37(44)7/h9-14,17-20,23-26,29-30H,1-8H3. The number of carbonyl (C=O) groups excluding carboxylic acids is 1. The van der Waals surface area contributed by atoms with Crippen molar-refractivity contribution in [3.8, 4) is 35.5 Å². The third-order valence-corrected chi connectivity index (χ3v) is 12.6. The van der Waals surface area contributed by atoms with E-state index in [4.69, 9.17) is 0 Å². The van der Waals surface area contributed by atoms with Gasteiger partial charge in [0.25, 0.3) is 0 Å². The molecule has 0 amide bonds. The fourth-order valence-corrected chi connectivity index (χ4v) is 9.93. The van der Waals surface area contributed by atoms with Crippen LogP contribution >= 0.6 is 0 Å². The number of hydrogen-bond donors (Lipinski definition) is 0. The highest BCUT2D eigenvalue weighted by Crippen LogP contribution is 2.48. The second-order valence-electron chi connectivity index (χ2n) is 16.2. The fraction of sp³-hybridized carbons (Fsp3) is 0.157. The van der Waals surface area contributed by atoms with E-state index in [1.54, 1.807) is 65.0 Å². The van der Waals surface area contributed by atoms with Crippen LogP contribution < -0.4 is 0 Å². The Morgan fingerprint density at radius 3 is 1.56 bits per heavy atom. The van der Waals surface area contributed by atoms with Crippen LogP contribution in [0.2, 0.25) is 0 Å². The lowest BCUT2D eigenvalue weighted by Crippen LogP contribution is -2.51. The van der Waals surface area contributed by atoms with Gasteiger partial charge in [0.05, 0.1) is 22.3 Å². The number of benzene rings is 3. The highest BCUT2D eigenvalue weighted by molar-refractivity contribution is 6.59. The molecule has 0 radical (unpaired) electrons. The van der Waals surface area contributed by atoms with E-state index in [1.165, 1.54) is 0 Å². The van der Waals surface area contributed by atoms with E-state index in [0.717, 1.165) is 40.9 Å². The minimum atomic E-state index is -4.43. The summed E-state index contributed by atoms with van der Waals surface area (Å²) in [7, 11) is 0. The van der Waals surface area contributed by atoms with Crippen molar-refractivity contribution >= 4 is 42.8 Å². The molecule has 0 fully saturated rings. The summed E-state index contributed by atoms with van der Waals surface area (Å²) < 4.78 is 72.7. The van der Waals surface area contributed by atoms with Gasteiger partial charge in [-0.05, 0) is 111 Å². The third kappa shape index (κ3) is 5.74. The van der Waals surface area contributed by atoms with Gasteiger partial charge in [-0.15, -0.1) is 0 Å². The SMILES string of the molecule is CC1=C(C#CC#CC2=C(C)C3=C(c4ccccc4)c4c(C)c(C#Cc5ccc(C=O)cc5)c(C)n4[B-](F)(F)[N+]3=C2C)C(C)=[N+]2C1=C(c1ccccc1)c1c(C)cc(C)n1[B-]2(F)F. The number of rotatable bonds is 3. The lowest BCUT2D eigenvalue weighted by molar-refractivity contribution is -0.364. The van der Waals surface area contributed by atoms with Crippen molar-refractivity contribution in [2.75, 3.05) is 0 Å². The van der Waals surface area contributed by atoms with Gasteiger partial charge in [0, 0.05) is 58.8 Å². The zero-order chi connectivity index (χ0) is 44.0. The van der Waals surface area contributed by atoms with Gasteiger partial charge in [0.15, 0.2) is 11.4 Å². The average Bonchev–Trinajstić information content (AvgIpc) is 3.89. The van der Waals surface area contributed by atoms with Crippen LogP contribution in [0.1, 0.15) is 94.2 Å². The van der Waals surface area contributed by atoms with Crippen LogP contribution in [-0.4, -0.2) is 49.6 Å². The summed E-state index contributed by atoms with van der Waals surface area (Å²) >= 11 is 0. The summed E-state index contributed by atoms with van der Waals surface area (Å²) in [5, 5.41) is 0. The largest absolute Gasteiger partial charge is 0.737 e. The van der Waals surface area contributed by atoms with Crippen LogP contribution in [0, 0.1) is 63.2 Å². The summed E-state index contributed by atoms with van der Waals surface area (Å²) in [5.74, 6) is 18.3. The first-order valence-corrected chi connectivity index (χ1v) is 20.4. The highest BCUT2D eigenvalue weighted by atomic mass is 19.3. The molecular formula is C51H40B2F4N4O. The Hall–Kier alpha value is -7.28. The topological polar surface area (TPSA) is 32.9 Å². The molecule has 9 rings (SSSR count). The Labute approximate surface area is 358 Å². The number of aromatic nitrogens is 2. The van der Waals surface area contributed by atoms with Gasteiger partial charge in [-0.3, -0.25) is 4.79 Å². The average molecular weight is 823 g/mol. The molecule has 0 saturated carbocycles. The van der Waals surface area contributed by atoms with E-state index >= 15 is 17.3 Å². The van der Waals surface area contributed by atoms with Crippen LogP contribution in [0.3, 0.4) is 0 Å². The lowest BCUT2D eigenvalue weighted by atomic mass is 9.84. The third-order valence-electron chi connectivity index (χ3n) is 12.6. The molecule has 4 aliphatic heterocycles. The van der Waals surface area contributed by atoms with Gasteiger partial charge in [0.1, 0.15) is 17.7 Å². The van der Waals surface area contributed by atoms with E-state index in [9.17, 15) is 4.79 Å². The molecule has 0 atom stereocenters. The molecule has 5 aromatic rings. The van der Waals surface area contributed by atoms with Crippen LogP contribution in [-0.2, 0) is 0 Å². The Bertz CT molecular complexity index is 3270. The van der Waals surface area contributed by atoms with Gasteiger partial charge >= 0.3 is 13.9 Å². The van der Waals surface area contributed by atoms with Crippen molar-refractivity contribution in [2.24, 2.45) is 0 Å². The molecule has 0 N–H and O–H groups in total. The summed E-state index contributed by atoms with van der Waals surface area (Å²) in [6.45, 7) is 5.29. The van der Waals surface area contributed by atoms with Crippen LogP contribution in [0.5, 0.6) is 0 Å². The minimum Gasteiger partial charge on any atom is -0.393 e. The normalized spacial score (nSPS) is 16.9. The number of hydrogen-bond acceptors (Lipinski definition) is 1. The van der Waals surface area contributed by atoms with Gasteiger partial charge in [-0.2, -0.15) is 0 Å². The zero-order valence-electron chi connectivity index (χ0n) is 35.6. The summed E-state index contributed by atoms with van der Waals surface area (Å²) in [6, 6.07) is 27.6. The zero-order valence-corrected chi connectivity index (χ0v) is 35.6. The van der Waals surface area contributed by atoms with Crippen molar-refractivity contribution < 1.29 is 31.0 Å². The number of nitrogens with zero attached hydrogens (tertiary/aromatic N) is 4. The van der Waals surface area contributed by atoms with Crippen molar-refractivity contribution in [3.63, 3.8) is 0 Å². The summed E-state index contributed by atoms with van der Waals surface area (Å²) in [5.41, 5.74) is 11.1. The molecular weight excluding hydrogens is 782 g/mol. The summed E-state index contributed by atoms with van der Waals surface area (Å²) in [4.78, 5) is 11.2. The molecule has 0 bridgehead atoms. The molecule has 6 heterocycles. The first-order valence-electron chi connectivity index (χ1n) is 20.4. The Morgan fingerprint density at radius 2 is 1.06 bits per heavy atom. The monoisotopic (exact) mass is 822 g/mol. The van der Waals surface area contributed by atoms with E-state index in [-0.39, 0.29) is 5.71 Å². The number of allylic oxidation sites excluding steroid dienone is 4. The molecule has 5 nitrogen and oxygen atoms in total. The van der Waals surface area contributed by atoms with Crippen molar-refractivity contribution in [1.82, 2.24) is 8.96 Å². The molecule has 0 saturated heterocycles. The number of halogens is 4. The van der Waals surface area contributed by atoms with Crippen molar-refractivity contribution in [3.05, 3.63) is 186 Å². The van der Waals surface area contributed by atoms with Crippen LogP contribution in [0.4, 0.5) is 17.3 Å². The van der Waals surface area contributed by atoms with Crippen LogP contribution in [0.25, 0.3) is 11.1 Å². The molecule has 0 unspecified atom stereocenters. The first-order chi connectivity index (χ1) is 29.6. The second-order valence-corrected chi connectivity index (χ2v) is 16.2. The van der Waals surface area contributed by atoms with Crippen LogP contribution in [0.15, 0.2) is 125 Å². The predicted molar refractivity (Wildman–Crippen MR) is 240 cm³/mol. The molecule has 3 aromatic carbocycles. The van der Waals surface area contributed by atoms with Crippen molar-refractivity contribution in [2.45, 2.75) is 55.4 Å². The highest BCUT2D eigenvalue weighted by Gasteiger charge is 2.58. The molecule has 62 heavy (non-hydrogen) atoms. The van der Waals surface area contributed by atoms with E-state index < -0.39 is 13.9 Å². The summed E-state index contributed by atoms with van der Waals surface area (Å²) in [6.07, 6.45) is 0.756. The van der Waals surface area contributed by atoms with E-state index in [1.807, 2.05) is 81.4 Å². The predicted octanol–water partition coefficient (Wildman–Crippen LogP) is 10.0. The maximum Gasteiger partial charge on any atom is 0.737 e. The Morgan fingerprint density at radius 1 is 0.581 bits per heavy atom. The maximum absolute atomic E-state index is 17.3. The molecule has 0 aliphatic carbocycles. The molecule has 304 valence electrons. The number of aryl methyl sites for hydroxylation is 2. The van der Waals surface area contributed by atoms with Gasteiger partial charge in [-0.1, -0.05) is 84.6 Å².